The van der Waals surface area contributed by atoms with Crippen LogP contribution in [0.15, 0.2) is 24.3 Å². The predicted octanol–water partition coefficient (Wildman–Crippen LogP) is 3.83. The van der Waals surface area contributed by atoms with E-state index in [0.29, 0.717) is 11.6 Å². The van der Waals surface area contributed by atoms with E-state index in [9.17, 15) is 4.79 Å². The average Bonchev–Trinajstić information content (AvgIpc) is 2.47. The zero-order valence-electron chi connectivity index (χ0n) is 12.3. The van der Waals surface area contributed by atoms with Gasteiger partial charge in [0, 0.05) is 12.6 Å². The molecule has 2 N–H and O–H groups in total. The molecule has 0 heterocycles. The molecule has 0 unspecified atom stereocenters. The minimum absolute atomic E-state index is 0.355. The molecule has 0 bridgehead atoms. The van der Waals surface area contributed by atoms with E-state index in [2.05, 4.69) is 12.2 Å². The zero-order valence-corrected chi connectivity index (χ0v) is 12.3. The summed E-state index contributed by atoms with van der Waals surface area (Å²) in [4.78, 5) is 10.8. The standard InChI is InChI=1S/C17H25NO2/c1-2-3-13-6-10-16(11-7-13)18-12-14-4-8-15(9-5-14)17(19)20/h4-5,8-9,13,16,18H,2-3,6-7,10-12H2,1H3,(H,19,20). The average molecular weight is 275 g/mol. The molecule has 1 fully saturated rings. The maximum Gasteiger partial charge on any atom is 0.335 e. The Morgan fingerprint density at radius 2 is 1.85 bits per heavy atom. The molecule has 0 spiro atoms. The Kier molecular flexibility index (Phi) is 5.60. The van der Waals surface area contributed by atoms with E-state index in [0.717, 1.165) is 18.0 Å². The van der Waals surface area contributed by atoms with E-state index in [4.69, 9.17) is 5.11 Å². The number of aromatic carboxylic acids is 1. The van der Waals surface area contributed by atoms with Crippen molar-refractivity contribution in [3.05, 3.63) is 35.4 Å². The fourth-order valence-corrected chi connectivity index (χ4v) is 3.09. The van der Waals surface area contributed by atoms with Gasteiger partial charge in [0.15, 0.2) is 0 Å². The van der Waals surface area contributed by atoms with Crippen LogP contribution in [0.25, 0.3) is 0 Å². The highest BCUT2D eigenvalue weighted by atomic mass is 16.4. The van der Waals surface area contributed by atoms with Crippen molar-refractivity contribution >= 4 is 5.97 Å². The van der Waals surface area contributed by atoms with Crippen LogP contribution in [0.3, 0.4) is 0 Å². The normalized spacial score (nSPS) is 22.6. The molecule has 0 aliphatic heterocycles. The molecule has 1 aromatic carbocycles. The van der Waals surface area contributed by atoms with Crippen LogP contribution in [0.2, 0.25) is 0 Å². The molecule has 1 aliphatic rings. The Balaban J connectivity index is 1.74. The molecule has 3 nitrogen and oxygen atoms in total. The molecule has 110 valence electrons. The van der Waals surface area contributed by atoms with Gasteiger partial charge in [-0.25, -0.2) is 4.79 Å². The first-order valence-electron chi connectivity index (χ1n) is 7.74. The summed E-state index contributed by atoms with van der Waals surface area (Å²) in [5, 5.41) is 12.5. The first-order valence-corrected chi connectivity index (χ1v) is 7.74. The van der Waals surface area contributed by atoms with Crippen molar-refractivity contribution in [1.82, 2.24) is 5.32 Å². The summed E-state index contributed by atoms with van der Waals surface area (Å²) >= 11 is 0. The predicted molar refractivity (Wildman–Crippen MR) is 80.9 cm³/mol. The van der Waals surface area contributed by atoms with Crippen LogP contribution >= 0.6 is 0 Å². The summed E-state index contributed by atoms with van der Waals surface area (Å²) in [5.41, 5.74) is 1.51. The van der Waals surface area contributed by atoms with Crippen LogP contribution < -0.4 is 5.32 Å². The second-order valence-electron chi connectivity index (χ2n) is 5.89. The first kappa shape index (κ1) is 15.0. The van der Waals surface area contributed by atoms with E-state index in [-0.39, 0.29) is 0 Å². The van der Waals surface area contributed by atoms with Gasteiger partial charge in [-0.2, -0.15) is 0 Å². The number of benzene rings is 1. The minimum Gasteiger partial charge on any atom is -0.478 e. The molecule has 0 atom stereocenters. The molecular formula is C17H25NO2. The fourth-order valence-electron chi connectivity index (χ4n) is 3.09. The lowest BCUT2D eigenvalue weighted by Gasteiger charge is -2.29. The van der Waals surface area contributed by atoms with Crippen molar-refractivity contribution in [2.24, 2.45) is 5.92 Å². The number of hydrogen-bond donors (Lipinski definition) is 2. The second kappa shape index (κ2) is 7.44. The Morgan fingerprint density at radius 1 is 1.20 bits per heavy atom. The van der Waals surface area contributed by atoms with Crippen molar-refractivity contribution in [1.29, 1.82) is 0 Å². The van der Waals surface area contributed by atoms with Gasteiger partial charge in [0.25, 0.3) is 0 Å². The van der Waals surface area contributed by atoms with Gasteiger partial charge in [-0.15, -0.1) is 0 Å². The van der Waals surface area contributed by atoms with Crippen LogP contribution in [-0.2, 0) is 6.54 Å². The molecule has 0 amide bonds. The lowest BCUT2D eigenvalue weighted by atomic mass is 9.83. The number of carbonyl (C=O) groups is 1. The number of rotatable bonds is 6. The summed E-state index contributed by atoms with van der Waals surface area (Å²) in [7, 11) is 0. The number of carboxylic acids is 1. The van der Waals surface area contributed by atoms with Crippen molar-refractivity contribution in [2.75, 3.05) is 0 Å². The summed E-state index contributed by atoms with van der Waals surface area (Å²) in [6.45, 7) is 3.11. The van der Waals surface area contributed by atoms with E-state index in [1.807, 2.05) is 12.1 Å². The third kappa shape index (κ3) is 4.34. The molecule has 1 aromatic rings. The summed E-state index contributed by atoms with van der Waals surface area (Å²) in [5.74, 6) is 0.0756. The Morgan fingerprint density at radius 3 is 2.40 bits per heavy atom. The lowest BCUT2D eigenvalue weighted by Crippen LogP contribution is -2.32. The van der Waals surface area contributed by atoms with Crippen molar-refractivity contribution in [2.45, 2.75) is 58.0 Å². The highest BCUT2D eigenvalue weighted by Gasteiger charge is 2.19. The van der Waals surface area contributed by atoms with Crippen LogP contribution in [0.4, 0.5) is 0 Å². The Labute approximate surface area is 121 Å². The van der Waals surface area contributed by atoms with Gasteiger partial charge in [0.1, 0.15) is 0 Å². The SMILES string of the molecule is CCCC1CCC(NCc2ccc(C(=O)O)cc2)CC1. The molecule has 0 radical (unpaired) electrons. The highest BCUT2D eigenvalue weighted by Crippen LogP contribution is 2.27. The van der Waals surface area contributed by atoms with Gasteiger partial charge in [-0.1, -0.05) is 31.9 Å². The molecule has 0 saturated heterocycles. The maximum absolute atomic E-state index is 10.8. The summed E-state index contributed by atoms with van der Waals surface area (Å²) in [6.07, 6.45) is 7.94. The van der Waals surface area contributed by atoms with Gasteiger partial charge in [-0.3, -0.25) is 0 Å². The van der Waals surface area contributed by atoms with Gasteiger partial charge < -0.3 is 10.4 Å². The van der Waals surface area contributed by atoms with Crippen LogP contribution in [-0.4, -0.2) is 17.1 Å². The molecule has 0 aromatic heterocycles. The third-order valence-electron chi connectivity index (χ3n) is 4.34. The molecular weight excluding hydrogens is 250 g/mol. The molecule has 2 rings (SSSR count). The molecule has 3 heteroatoms. The second-order valence-corrected chi connectivity index (χ2v) is 5.89. The van der Waals surface area contributed by atoms with E-state index in [1.54, 1.807) is 12.1 Å². The van der Waals surface area contributed by atoms with Crippen molar-refractivity contribution < 1.29 is 9.90 Å². The molecule has 1 aliphatic carbocycles. The zero-order chi connectivity index (χ0) is 14.4. The van der Waals surface area contributed by atoms with E-state index < -0.39 is 5.97 Å². The van der Waals surface area contributed by atoms with Gasteiger partial charge >= 0.3 is 5.97 Å². The van der Waals surface area contributed by atoms with Crippen LogP contribution in [0.1, 0.15) is 61.4 Å². The highest BCUT2D eigenvalue weighted by molar-refractivity contribution is 5.87. The quantitative estimate of drug-likeness (QED) is 0.829. The largest absolute Gasteiger partial charge is 0.478 e. The minimum atomic E-state index is -0.862. The first-order chi connectivity index (χ1) is 9.69. The maximum atomic E-state index is 10.8. The topological polar surface area (TPSA) is 49.3 Å². The number of hydrogen-bond acceptors (Lipinski definition) is 2. The van der Waals surface area contributed by atoms with Crippen molar-refractivity contribution in [3.8, 4) is 0 Å². The lowest BCUT2D eigenvalue weighted by molar-refractivity contribution is 0.0697. The van der Waals surface area contributed by atoms with Crippen molar-refractivity contribution in [3.63, 3.8) is 0 Å². The molecule has 20 heavy (non-hydrogen) atoms. The fraction of sp³-hybridized carbons (Fsp3) is 0.588. The third-order valence-corrected chi connectivity index (χ3v) is 4.34. The molecule has 1 saturated carbocycles. The Bertz CT molecular complexity index is 419. The van der Waals surface area contributed by atoms with E-state index >= 15 is 0 Å². The number of nitrogens with one attached hydrogen (secondary N) is 1. The number of carboxylic acid groups (broad SMARTS) is 1. The van der Waals surface area contributed by atoms with Gasteiger partial charge in [-0.05, 0) is 49.3 Å². The van der Waals surface area contributed by atoms with E-state index in [1.165, 1.54) is 38.5 Å². The summed E-state index contributed by atoms with van der Waals surface area (Å²) < 4.78 is 0. The van der Waals surface area contributed by atoms with Gasteiger partial charge in [0.2, 0.25) is 0 Å². The monoisotopic (exact) mass is 275 g/mol. The van der Waals surface area contributed by atoms with Crippen LogP contribution in [0.5, 0.6) is 0 Å². The van der Waals surface area contributed by atoms with Gasteiger partial charge in [0.05, 0.1) is 5.56 Å². The smallest absolute Gasteiger partial charge is 0.335 e. The van der Waals surface area contributed by atoms with Crippen LogP contribution in [0, 0.1) is 5.92 Å². The summed E-state index contributed by atoms with van der Waals surface area (Å²) in [6, 6.07) is 7.79. The Hall–Kier alpha value is -1.35.